The highest BCUT2D eigenvalue weighted by Crippen LogP contribution is 2.37. The molecule has 0 amide bonds. The van der Waals surface area contributed by atoms with Crippen LogP contribution in [0.25, 0.3) is 0 Å². The smallest absolute Gasteiger partial charge is 0.322 e. The van der Waals surface area contributed by atoms with E-state index in [2.05, 4.69) is 0 Å². The molecule has 0 spiro atoms. The maximum Gasteiger partial charge on any atom is 0.322 e. The van der Waals surface area contributed by atoms with E-state index in [1.54, 1.807) is 0 Å². The lowest BCUT2D eigenvalue weighted by molar-refractivity contribution is -0.136. The second kappa shape index (κ2) is 4.51. The van der Waals surface area contributed by atoms with Gasteiger partial charge in [-0.2, -0.15) is 0 Å². The number of carboxylic acids is 1. The van der Waals surface area contributed by atoms with E-state index >= 15 is 0 Å². The second-order valence-electron chi connectivity index (χ2n) is 4.44. The summed E-state index contributed by atoms with van der Waals surface area (Å²) < 4.78 is 23.7. The summed E-state index contributed by atoms with van der Waals surface area (Å²) in [6.45, 7) is 3.75. The number of carboxylic acid groups (broad SMARTS) is 1. The van der Waals surface area contributed by atoms with E-state index in [1.165, 1.54) is 0 Å². The lowest BCUT2D eigenvalue weighted by Crippen LogP contribution is -2.35. The number of hydrogen-bond acceptors (Lipinski definition) is 3. The Bertz CT molecular complexity index is 329. The molecule has 2 unspecified atom stereocenters. The molecule has 0 radical (unpaired) electrons. The van der Waals surface area contributed by atoms with Crippen molar-refractivity contribution in [2.24, 2.45) is 11.8 Å². The molecular formula is C10H18O4S. The van der Waals surface area contributed by atoms with Crippen LogP contribution in [-0.4, -0.2) is 30.5 Å². The first-order valence-corrected chi connectivity index (χ1v) is 7.04. The fourth-order valence-corrected chi connectivity index (χ4v) is 4.07. The predicted octanol–water partition coefficient (Wildman–Crippen LogP) is 1.31. The zero-order valence-electron chi connectivity index (χ0n) is 9.14. The fraction of sp³-hybridized carbons (Fsp3) is 0.900. The van der Waals surface area contributed by atoms with Crippen molar-refractivity contribution in [3.63, 3.8) is 0 Å². The molecule has 0 aromatic rings. The van der Waals surface area contributed by atoms with Crippen molar-refractivity contribution in [2.45, 2.75) is 38.4 Å². The van der Waals surface area contributed by atoms with Gasteiger partial charge in [0.2, 0.25) is 0 Å². The van der Waals surface area contributed by atoms with Crippen LogP contribution in [0.2, 0.25) is 0 Å². The van der Waals surface area contributed by atoms with Gasteiger partial charge >= 0.3 is 5.97 Å². The van der Waals surface area contributed by atoms with E-state index in [1.807, 2.05) is 13.8 Å². The van der Waals surface area contributed by atoms with Gasteiger partial charge in [0.1, 0.15) is 0 Å². The molecule has 1 fully saturated rings. The number of hydrogen-bond donors (Lipinski definition) is 1. The van der Waals surface area contributed by atoms with Crippen LogP contribution in [0.4, 0.5) is 0 Å². The Balaban J connectivity index is 2.77. The van der Waals surface area contributed by atoms with Gasteiger partial charge in [0.05, 0.1) is 5.75 Å². The third-order valence-electron chi connectivity index (χ3n) is 2.89. The Morgan fingerprint density at radius 3 is 2.33 bits per heavy atom. The first kappa shape index (κ1) is 12.5. The SMILES string of the molecule is CCC(C)CS(=O)(=O)C(C(=O)O)C1CC1. The van der Waals surface area contributed by atoms with E-state index in [4.69, 9.17) is 5.11 Å². The largest absolute Gasteiger partial charge is 0.480 e. The van der Waals surface area contributed by atoms with Crippen molar-refractivity contribution in [2.75, 3.05) is 5.75 Å². The Hall–Kier alpha value is -0.580. The molecular weight excluding hydrogens is 216 g/mol. The van der Waals surface area contributed by atoms with Crippen molar-refractivity contribution in [1.82, 2.24) is 0 Å². The molecule has 4 nitrogen and oxygen atoms in total. The summed E-state index contributed by atoms with van der Waals surface area (Å²) in [6, 6.07) is 0. The van der Waals surface area contributed by atoms with Crippen LogP contribution in [0.3, 0.4) is 0 Å². The van der Waals surface area contributed by atoms with Gasteiger partial charge in [0.25, 0.3) is 0 Å². The summed E-state index contributed by atoms with van der Waals surface area (Å²) in [5, 5.41) is 7.77. The van der Waals surface area contributed by atoms with Crippen molar-refractivity contribution in [3.8, 4) is 0 Å². The van der Waals surface area contributed by atoms with Gasteiger partial charge in [-0.3, -0.25) is 4.79 Å². The molecule has 0 bridgehead atoms. The lowest BCUT2D eigenvalue weighted by Gasteiger charge is -2.15. The van der Waals surface area contributed by atoms with Crippen LogP contribution < -0.4 is 0 Å². The number of carbonyl (C=O) groups is 1. The number of rotatable bonds is 6. The molecule has 1 aliphatic carbocycles. The van der Waals surface area contributed by atoms with E-state index in [-0.39, 0.29) is 17.6 Å². The summed E-state index contributed by atoms with van der Waals surface area (Å²) >= 11 is 0. The van der Waals surface area contributed by atoms with Gasteiger partial charge in [0.15, 0.2) is 15.1 Å². The van der Waals surface area contributed by atoms with Crippen LogP contribution in [0.15, 0.2) is 0 Å². The molecule has 88 valence electrons. The topological polar surface area (TPSA) is 71.4 Å². The van der Waals surface area contributed by atoms with E-state index in [9.17, 15) is 13.2 Å². The molecule has 0 aliphatic heterocycles. The summed E-state index contributed by atoms with van der Waals surface area (Å²) in [7, 11) is -3.47. The predicted molar refractivity (Wildman–Crippen MR) is 57.4 cm³/mol. The first-order chi connectivity index (χ1) is 6.88. The highest BCUT2D eigenvalue weighted by Gasteiger charge is 2.45. The standard InChI is InChI=1S/C10H18O4S/c1-3-7(2)6-15(13,14)9(10(11)12)8-4-5-8/h7-9H,3-6H2,1-2H3,(H,11,12). The minimum absolute atomic E-state index is 0.00301. The van der Waals surface area contributed by atoms with E-state index < -0.39 is 21.1 Å². The second-order valence-corrected chi connectivity index (χ2v) is 6.61. The van der Waals surface area contributed by atoms with Gasteiger partial charge in [-0.15, -0.1) is 0 Å². The third kappa shape index (κ3) is 3.19. The molecule has 1 aliphatic rings. The molecule has 0 aromatic carbocycles. The van der Waals surface area contributed by atoms with Gasteiger partial charge in [-0.25, -0.2) is 8.42 Å². The molecule has 2 atom stereocenters. The highest BCUT2D eigenvalue weighted by atomic mass is 32.2. The van der Waals surface area contributed by atoms with Crippen molar-refractivity contribution >= 4 is 15.8 Å². The Morgan fingerprint density at radius 1 is 1.47 bits per heavy atom. The van der Waals surface area contributed by atoms with Crippen LogP contribution in [0.5, 0.6) is 0 Å². The molecule has 1 saturated carbocycles. The van der Waals surface area contributed by atoms with Crippen molar-refractivity contribution in [3.05, 3.63) is 0 Å². The van der Waals surface area contributed by atoms with Gasteiger partial charge in [0, 0.05) is 0 Å². The average molecular weight is 234 g/mol. The lowest BCUT2D eigenvalue weighted by atomic mass is 10.2. The van der Waals surface area contributed by atoms with Crippen molar-refractivity contribution < 1.29 is 18.3 Å². The summed E-state index contributed by atoms with van der Waals surface area (Å²) in [5.41, 5.74) is 0. The summed E-state index contributed by atoms with van der Waals surface area (Å²) in [6.07, 6.45) is 2.23. The number of aliphatic carboxylic acids is 1. The van der Waals surface area contributed by atoms with Gasteiger partial charge < -0.3 is 5.11 Å². The van der Waals surface area contributed by atoms with Crippen LogP contribution in [-0.2, 0) is 14.6 Å². The average Bonchev–Trinajstić information content (AvgIpc) is 2.86. The normalized spacial score (nSPS) is 20.9. The third-order valence-corrected chi connectivity index (χ3v) is 5.29. The zero-order valence-corrected chi connectivity index (χ0v) is 9.96. The first-order valence-electron chi connectivity index (χ1n) is 5.32. The Kier molecular flexibility index (Phi) is 3.76. The summed E-state index contributed by atoms with van der Waals surface area (Å²) in [4.78, 5) is 10.9. The fourth-order valence-electron chi connectivity index (χ4n) is 1.67. The molecule has 1 rings (SSSR count). The minimum atomic E-state index is -3.47. The van der Waals surface area contributed by atoms with Crippen LogP contribution in [0.1, 0.15) is 33.1 Å². The molecule has 15 heavy (non-hydrogen) atoms. The zero-order chi connectivity index (χ0) is 11.6. The number of sulfone groups is 1. The van der Waals surface area contributed by atoms with E-state index in [0.717, 1.165) is 19.3 Å². The van der Waals surface area contributed by atoms with Crippen molar-refractivity contribution in [1.29, 1.82) is 0 Å². The van der Waals surface area contributed by atoms with Crippen LogP contribution >= 0.6 is 0 Å². The molecule has 0 heterocycles. The summed E-state index contributed by atoms with van der Waals surface area (Å²) in [5.74, 6) is -1.29. The quantitative estimate of drug-likeness (QED) is 0.752. The molecule has 0 saturated heterocycles. The monoisotopic (exact) mass is 234 g/mol. The highest BCUT2D eigenvalue weighted by molar-refractivity contribution is 7.92. The molecule has 1 N–H and O–H groups in total. The van der Waals surface area contributed by atoms with E-state index in [0.29, 0.717) is 0 Å². The maximum atomic E-state index is 11.8. The minimum Gasteiger partial charge on any atom is -0.480 e. The van der Waals surface area contributed by atoms with Gasteiger partial charge in [-0.05, 0) is 24.7 Å². The Labute approximate surface area is 90.6 Å². The maximum absolute atomic E-state index is 11.8. The van der Waals surface area contributed by atoms with Gasteiger partial charge in [-0.1, -0.05) is 20.3 Å². The van der Waals surface area contributed by atoms with Crippen LogP contribution in [0, 0.1) is 11.8 Å². The molecule has 5 heteroatoms. The Morgan fingerprint density at radius 2 is 2.00 bits per heavy atom. The molecule has 0 aromatic heterocycles.